The summed E-state index contributed by atoms with van der Waals surface area (Å²) in [5.41, 5.74) is 27.2. The van der Waals surface area contributed by atoms with Crippen LogP contribution in [0.2, 0.25) is 0 Å². The highest BCUT2D eigenvalue weighted by Crippen LogP contribution is 2.50. The second kappa shape index (κ2) is 29.7. The molecule has 17 aromatic carbocycles. The molecular formula is C110H89BN2Si2. The van der Waals surface area contributed by atoms with Crippen LogP contribution in [0.4, 0.5) is 34.1 Å². The van der Waals surface area contributed by atoms with Gasteiger partial charge in [0.25, 0.3) is 6.71 Å². The maximum Gasteiger partial charge on any atom is 0.252 e. The summed E-state index contributed by atoms with van der Waals surface area (Å²) in [4.78, 5) is 5.26. The van der Waals surface area contributed by atoms with Crippen molar-refractivity contribution < 1.29 is 0 Å². The van der Waals surface area contributed by atoms with E-state index in [1.807, 2.05) is 0 Å². The van der Waals surface area contributed by atoms with Crippen LogP contribution in [0.5, 0.6) is 0 Å². The van der Waals surface area contributed by atoms with Crippen LogP contribution in [0.3, 0.4) is 0 Å². The van der Waals surface area contributed by atoms with E-state index in [2.05, 4.69) is 482 Å². The molecule has 2 aliphatic heterocycles. The van der Waals surface area contributed by atoms with Crippen LogP contribution in [0.25, 0.3) is 66.8 Å². The lowest BCUT2D eigenvalue weighted by Crippen LogP contribution is -2.74. The summed E-state index contributed by atoms with van der Waals surface area (Å²) in [6, 6.07) is 164. The van der Waals surface area contributed by atoms with Crippen LogP contribution in [0, 0.1) is 0 Å². The smallest absolute Gasteiger partial charge is 0.252 e. The van der Waals surface area contributed by atoms with Gasteiger partial charge in [0, 0.05) is 33.9 Å². The number of benzene rings is 17. The third-order valence-corrected chi connectivity index (χ3v) is 33.9. The number of rotatable bonds is 16. The molecule has 19 rings (SSSR count). The zero-order valence-corrected chi connectivity index (χ0v) is 68.0. The Balaban J connectivity index is 0.868. The van der Waals surface area contributed by atoms with Crippen molar-refractivity contribution in [2.24, 2.45) is 0 Å². The highest BCUT2D eigenvalue weighted by Gasteiger charge is 2.47. The van der Waals surface area contributed by atoms with Gasteiger partial charge < -0.3 is 9.80 Å². The topological polar surface area (TPSA) is 6.48 Å². The first kappa shape index (κ1) is 72.1. The van der Waals surface area contributed by atoms with Crippen LogP contribution >= 0.6 is 0 Å². The quantitative estimate of drug-likeness (QED) is 0.0703. The van der Waals surface area contributed by atoms with Crippen molar-refractivity contribution in [3.63, 3.8) is 0 Å². The molecule has 0 aliphatic carbocycles. The average molecular weight is 1510 g/mol. The van der Waals surface area contributed by atoms with Crippen molar-refractivity contribution in [1.82, 2.24) is 0 Å². The van der Waals surface area contributed by atoms with E-state index in [1.54, 1.807) is 0 Å². The fourth-order valence-electron chi connectivity index (χ4n) is 18.9. The third-order valence-electron chi connectivity index (χ3n) is 24.3. The fourth-order valence-corrected chi connectivity index (χ4v) is 28.5. The minimum absolute atomic E-state index is 0.0124. The van der Waals surface area contributed by atoms with Gasteiger partial charge in [0.2, 0.25) is 0 Å². The van der Waals surface area contributed by atoms with Gasteiger partial charge in [-0.05, 0) is 172 Å². The standard InChI is InChI=1S/C110H89BN2Si2/c1-109(2,3)84-68-62-78(63-69-84)94-52-25-27-54-96(94)82-66-72-104-100(76-82)111-101-77-83(97-55-28-26-53-95(97)79-64-70-85(71-65-79)110(4,5)6)67-73-105(101)113(103-59-32-30-57-99(103)81-37-34-51-93(75-81)115(89-44-19-10-20-45-89,90-46-21-11-22-47-90)91-48-23-12-24-49-91)107-61-35-60-106(108(107)111)112(104)102-58-31-29-56-98(102)80-36-33-50-92(74-80)114(86-38-13-7-14-39-86,87-40-15-8-16-41-87)88-42-17-9-18-43-88/h7-77H,1-6H3. The predicted octanol–water partition coefficient (Wildman–Crippen LogP) is 21.1. The van der Waals surface area contributed by atoms with Crippen LogP contribution in [-0.4, -0.2) is 22.9 Å². The largest absolute Gasteiger partial charge is 0.311 e. The first-order chi connectivity index (χ1) is 56.3. The van der Waals surface area contributed by atoms with Gasteiger partial charge in [0.05, 0.1) is 11.4 Å². The highest BCUT2D eigenvalue weighted by atomic mass is 28.3. The molecule has 5 heteroatoms. The van der Waals surface area contributed by atoms with Crippen molar-refractivity contribution in [3.05, 3.63) is 442 Å². The Hall–Kier alpha value is -13.2. The molecular weight excluding hydrogens is 1420 g/mol. The summed E-state index contributed by atoms with van der Waals surface area (Å²) in [5.74, 6) is 0. The third kappa shape index (κ3) is 12.7. The molecule has 0 spiro atoms. The van der Waals surface area contributed by atoms with Crippen LogP contribution in [0.15, 0.2) is 431 Å². The Morgan fingerprint density at radius 1 is 0.191 bits per heavy atom. The molecule has 0 aromatic heterocycles. The number of hydrogen-bond donors (Lipinski definition) is 0. The van der Waals surface area contributed by atoms with E-state index in [-0.39, 0.29) is 17.5 Å². The summed E-state index contributed by atoms with van der Waals surface area (Å²) in [6.45, 7) is 13.5. The molecule has 0 saturated heterocycles. The van der Waals surface area contributed by atoms with Crippen LogP contribution in [-0.2, 0) is 10.8 Å². The maximum atomic E-state index is 2.63. The summed E-state index contributed by atoms with van der Waals surface area (Å²) in [7, 11) is -5.94. The monoisotopic (exact) mass is 1500 g/mol. The fraction of sp³-hybridized carbons (Fsp3) is 0.0727. The first-order valence-corrected chi connectivity index (χ1v) is 44.5. The minimum atomic E-state index is -2.97. The molecule has 550 valence electrons. The summed E-state index contributed by atoms with van der Waals surface area (Å²) < 4.78 is 0. The number of para-hydroxylation sites is 2. The van der Waals surface area contributed by atoms with Crippen molar-refractivity contribution in [2.45, 2.75) is 52.4 Å². The van der Waals surface area contributed by atoms with Gasteiger partial charge in [-0.15, -0.1) is 0 Å². The molecule has 0 bridgehead atoms. The Morgan fingerprint density at radius 2 is 0.435 bits per heavy atom. The number of hydrogen-bond acceptors (Lipinski definition) is 2. The Labute approximate surface area is 680 Å². The Bertz CT molecular complexity index is 5830. The lowest BCUT2D eigenvalue weighted by Gasteiger charge is -2.45. The second-order valence-electron chi connectivity index (χ2n) is 33.0. The molecule has 0 atom stereocenters. The Morgan fingerprint density at radius 3 is 0.748 bits per heavy atom. The van der Waals surface area contributed by atoms with E-state index in [4.69, 9.17) is 0 Å². The number of nitrogens with zero attached hydrogens (tertiary/aromatic N) is 2. The van der Waals surface area contributed by atoms with Crippen molar-refractivity contribution >= 4 is 115 Å². The summed E-state index contributed by atoms with van der Waals surface area (Å²) >= 11 is 0. The molecule has 0 unspecified atom stereocenters. The maximum absolute atomic E-state index is 2.97. The van der Waals surface area contributed by atoms with Crippen molar-refractivity contribution in [1.29, 1.82) is 0 Å². The molecule has 2 nitrogen and oxygen atoms in total. The van der Waals surface area contributed by atoms with Crippen LogP contribution < -0.4 is 67.7 Å². The van der Waals surface area contributed by atoms with E-state index >= 15 is 0 Å². The molecule has 0 amide bonds. The van der Waals surface area contributed by atoms with Crippen molar-refractivity contribution in [2.75, 3.05) is 9.80 Å². The van der Waals surface area contributed by atoms with E-state index in [0.29, 0.717) is 0 Å². The van der Waals surface area contributed by atoms with Gasteiger partial charge in [-0.2, -0.15) is 0 Å². The SMILES string of the molecule is CC(C)(C)c1ccc(-c2ccccc2-c2ccc3c(c2)B2c4cc(-c5ccccc5-c5ccc(C(C)(C)C)cc5)ccc4N(c4ccccc4-c4cccc([Si](c5ccccc5)(c5ccccc5)c5ccccc5)c4)c4cccc(c42)N3c2ccccc2-c2cccc([Si](c3ccccc3)(c3ccccc3)c3ccccc3)c2)cc1. The number of anilines is 6. The molecule has 115 heavy (non-hydrogen) atoms. The first-order valence-electron chi connectivity index (χ1n) is 40.5. The average Bonchev–Trinajstić information content (AvgIpc) is 0.692. The predicted molar refractivity (Wildman–Crippen MR) is 498 cm³/mol. The Kier molecular flexibility index (Phi) is 18.6. The molecule has 0 fully saturated rings. The molecule has 17 aromatic rings. The van der Waals surface area contributed by atoms with Crippen LogP contribution in [0.1, 0.15) is 52.7 Å². The molecule has 2 heterocycles. The van der Waals surface area contributed by atoms with E-state index < -0.39 is 16.1 Å². The van der Waals surface area contributed by atoms with E-state index in [9.17, 15) is 0 Å². The second-order valence-corrected chi connectivity index (χ2v) is 40.6. The normalized spacial score (nSPS) is 12.6. The van der Waals surface area contributed by atoms with Gasteiger partial charge in [0.1, 0.15) is 0 Å². The molecule has 0 radical (unpaired) electrons. The zero-order valence-electron chi connectivity index (χ0n) is 66.0. The molecule has 2 aliphatic rings. The summed E-state index contributed by atoms with van der Waals surface area (Å²) in [5, 5.41) is 10.7. The van der Waals surface area contributed by atoms with Gasteiger partial charge >= 0.3 is 0 Å². The van der Waals surface area contributed by atoms with E-state index in [1.165, 1.54) is 102 Å². The summed E-state index contributed by atoms with van der Waals surface area (Å²) in [6.07, 6.45) is 0. The van der Waals surface area contributed by atoms with Gasteiger partial charge in [-0.1, -0.05) is 436 Å². The zero-order chi connectivity index (χ0) is 77.8. The lowest BCUT2D eigenvalue weighted by molar-refractivity contribution is 0.590. The lowest BCUT2D eigenvalue weighted by atomic mass is 9.33. The van der Waals surface area contributed by atoms with Gasteiger partial charge in [-0.25, -0.2) is 0 Å². The van der Waals surface area contributed by atoms with Gasteiger partial charge in [0.15, 0.2) is 16.1 Å². The molecule has 0 N–H and O–H groups in total. The van der Waals surface area contributed by atoms with E-state index in [0.717, 1.165) is 67.5 Å². The highest BCUT2D eigenvalue weighted by molar-refractivity contribution is 7.20. The molecule has 0 saturated carbocycles. The minimum Gasteiger partial charge on any atom is -0.311 e. The van der Waals surface area contributed by atoms with Gasteiger partial charge in [-0.3, -0.25) is 0 Å². The number of fused-ring (bicyclic) bond motifs is 4. The van der Waals surface area contributed by atoms with Crippen molar-refractivity contribution in [3.8, 4) is 66.8 Å².